The number of fused-ring (bicyclic) bond motifs is 9. The number of nitrogens with zero attached hydrogens (tertiary/aromatic N) is 1. The summed E-state index contributed by atoms with van der Waals surface area (Å²) in [5.74, 6) is -0.386. The predicted octanol–water partition coefficient (Wildman–Crippen LogP) is 8.01. The highest BCUT2D eigenvalue weighted by molar-refractivity contribution is 6.37. The lowest BCUT2D eigenvalue weighted by atomic mass is 9.56. The normalized spacial score (nSPS) is 20.4. The van der Waals surface area contributed by atoms with E-state index < -0.39 is 22.9 Å². The minimum Gasteiger partial charge on any atom is -0.493 e. The predicted molar refractivity (Wildman–Crippen MR) is 186 cm³/mol. The Morgan fingerprint density at radius 2 is 1.46 bits per heavy atom. The van der Waals surface area contributed by atoms with Crippen LogP contribution in [0.4, 0.5) is 0 Å². The van der Waals surface area contributed by atoms with E-state index in [-0.39, 0.29) is 11.3 Å². The first kappa shape index (κ1) is 32.1. The van der Waals surface area contributed by atoms with Crippen LogP contribution in [0.15, 0.2) is 90.1 Å². The highest BCUT2D eigenvalue weighted by atomic mass is 35.5. The molecule has 244 valence electrons. The van der Waals surface area contributed by atoms with Crippen molar-refractivity contribution < 1.29 is 28.5 Å². The van der Waals surface area contributed by atoms with E-state index in [0.29, 0.717) is 56.2 Å². The van der Waals surface area contributed by atoms with Crippen molar-refractivity contribution in [2.75, 3.05) is 35.0 Å². The monoisotopic (exact) mass is 701 g/mol. The van der Waals surface area contributed by atoms with E-state index in [1.807, 2.05) is 77.7 Å². The van der Waals surface area contributed by atoms with E-state index in [0.717, 1.165) is 22.3 Å². The van der Waals surface area contributed by atoms with Crippen LogP contribution >= 0.6 is 34.8 Å². The van der Waals surface area contributed by atoms with Gasteiger partial charge in [-0.1, -0.05) is 83.4 Å². The van der Waals surface area contributed by atoms with Crippen LogP contribution in [-0.4, -0.2) is 51.8 Å². The molecule has 0 bridgehead atoms. The van der Waals surface area contributed by atoms with Gasteiger partial charge in [0, 0.05) is 22.2 Å². The van der Waals surface area contributed by atoms with Crippen molar-refractivity contribution >= 4 is 52.8 Å². The number of carbonyl (C=O) groups is 2. The van der Waals surface area contributed by atoms with Gasteiger partial charge in [-0.05, 0) is 76.2 Å². The zero-order valence-corrected chi connectivity index (χ0v) is 28.8. The molecular weight excluding hydrogens is 673 g/mol. The number of halogens is 3. The molecule has 1 aliphatic carbocycles. The largest absolute Gasteiger partial charge is 0.493 e. The molecule has 2 aliphatic heterocycles. The van der Waals surface area contributed by atoms with Gasteiger partial charge in [0.1, 0.15) is 11.2 Å². The van der Waals surface area contributed by atoms with Crippen LogP contribution in [0.5, 0.6) is 11.5 Å². The smallest absolute Gasteiger partial charge is 0.354 e. The van der Waals surface area contributed by atoms with Crippen LogP contribution in [0.2, 0.25) is 15.1 Å². The van der Waals surface area contributed by atoms with Gasteiger partial charge in [0.2, 0.25) is 0 Å². The Labute approximate surface area is 293 Å². The second-order valence-electron chi connectivity index (χ2n) is 11.7. The highest BCUT2D eigenvalue weighted by Gasteiger charge is 2.71. The van der Waals surface area contributed by atoms with Gasteiger partial charge >= 0.3 is 11.9 Å². The summed E-state index contributed by atoms with van der Waals surface area (Å²) in [6, 6.07) is 22.6. The molecule has 0 aromatic heterocycles. The SMILES string of the molecule is COC(=O)C1=C(C(=O)OC)C2(c3cc(Cl)ccc3-c3c(Cl)cc(Cl)cc32)C2(C=Cc3ccccc3)c3cc(OC)c(OC)cc3CCN12. The molecule has 7 nitrogen and oxygen atoms in total. The number of hydrogen-bond donors (Lipinski definition) is 0. The van der Waals surface area contributed by atoms with Gasteiger partial charge in [-0.2, -0.15) is 0 Å². The van der Waals surface area contributed by atoms with Crippen LogP contribution in [0.25, 0.3) is 17.2 Å². The Morgan fingerprint density at radius 3 is 2.15 bits per heavy atom. The molecule has 0 amide bonds. The Morgan fingerprint density at radius 1 is 0.771 bits per heavy atom. The molecular formula is C38H30Cl3NO6. The molecule has 1 spiro atoms. The molecule has 10 heteroatoms. The van der Waals surface area contributed by atoms with E-state index in [1.165, 1.54) is 14.2 Å². The fourth-order valence-electron chi connectivity index (χ4n) is 7.99. The minimum absolute atomic E-state index is 0.0670. The Bertz CT molecular complexity index is 2080. The number of esters is 2. The van der Waals surface area contributed by atoms with Crippen molar-refractivity contribution in [3.05, 3.63) is 133 Å². The molecule has 0 radical (unpaired) electrons. The van der Waals surface area contributed by atoms with Gasteiger partial charge in [0.05, 0.1) is 44.4 Å². The molecule has 2 atom stereocenters. The van der Waals surface area contributed by atoms with Crippen molar-refractivity contribution in [2.24, 2.45) is 0 Å². The molecule has 2 unspecified atom stereocenters. The number of benzene rings is 4. The van der Waals surface area contributed by atoms with Crippen LogP contribution in [0.3, 0.4) is 0 Å². The summed E-state index contributed by atoms with van der Waals surface area (Å²) in [6.45, 7) is 0.327. The average Bonchev–Trinajstić information content (AvgIpc) is 3.54. The zero-order chi connectivity index (χ0) is 34.0. The third-order valence-corrected chi connectivity index (χ3v) is 10.5. The third-order valence-electron chi connectivity index (χ3n) is 9.70. The van der Waals surface area contributed by atoms with Crippen molar-refractivity contribution in [3.63, 3.8) is 0 Å². The molecule has 7 rings (SSSR count). The molecule has 4 aromatic rings. The third kappa shape index (κ3) is 4.27. The summed E-state index contributed by atoms with van der Waals surface area (Å²) < 4.78 is 22.6. The first-order valence-corrected chi connectivity index (χ1v) is 16.3. The lowest BCUT2D eigenvalue weighted by molar-refractivity contribution is -0.140. The van der Waals surface area contributed by atoms with Crippen LogP contribution in [-0.2, 0) is 36.4 Å². The number of rotatable bonds is 6. The quantitative estimate of drug-likeness (QED) is 0.189. The molecule has 4 aromatic carbocycles. The van der Waals surface area contributed by atoms with Gasteiger partial charge in [0.15, 0.2) is 11.5 Å². The van der Waals surface area contributed by atoms with Crippen molar-refractivity contribution in [3.8, 4) is 22.6 Å². The molecule has 0 saturated carbocycles. The number of carbonyl (C=O) groups excluding carboxylic acids is 2. The van der Waals surface area contributed by atoms with Crippen LogP contribution in [0, 0.1) is 0 Å². The van der Waals surface area contributed by atoms with E-state index in [2.05, 4.69) is 0 Å². The summed E-state index contributed by atoms with van der Waals surface area (Å²) in [7, 11) is 5.75. The fourth-order valence-corrected chi connectivity index (χ4v) is 8.76. The van der Waals surface area contributed by atoms with E-state index in [4.69, 9.17) is 53.8 Å². The number of methoxy groups -OCH3 is 4. The van der Waals surface area contributed by atoms with E-state index in [9.17, 15) is 9.59 Å². The lowest BCUT2D eigenvalue weighted by Crippen LogP contribution is -2.57. The van der Waals surface area contributed by atoms with Crippen molar-refractivity contribution in [2.45, 2.75) is 17.4 Å². The van der Waals surface area contributed by atoms with Gasteiger partial charge < -0.3 is 23.8 Å². The number of hydrogen-bond acceptors (Lipinski definition) is 7. The first-order valence-electron chi connectivity index (χ1n) is 15.2. The fraction of sp³-hybridized carbons (Fsp3) is 0.211. The lowest BCUT2D eigenvalue weighted by Gasteiger charge is -2.53. The molecule has 0 saturated heterocycles. The summed E-state index contributed by atoms with van der Waals surface area (Å²) in [5, 5.41) is 1.16. The summed E-state index contributed by atoms with van der Waals surface area (Å²) in [6.07, 6.45) is 4.54. The van der Waals surface area contributed by atoms with Crippen molar-refractivity contribution in [1.82, 2.24) is 4.90 Å². The van der Waals surface area contributed by atoms with E-state index in [1.54, 1.807) is 26.4 Å². The number of ether oxygens (including phenoxy) is 4. The Hall–Kier alpha value is -4.43. The second kappa shape index (κ2) is 11.9. The Kier molecular flexibility index (Phi) is 7.98. The summed E-state index contributed by atoms with van der Waals surface area (Å²) in [5.41, 5.74) is 2.60. The zero-order valence-electron chi connectivity index (χ0n) is 26.5. The minimum atomic E-state index is -1.49. The van der Waals surface area contributed by atoms with Gasteiger partial charge in [0.25, 0.3) is 0 Å². The Balaban J connectivity index is 1.77. The van der Waals surface area contributed by atoms with Crippen LogP contribution in [0.1, 0.15) is 27.8 Å². The van der Waals surface area contributed by atoms with Crippen LogP contribution < -0.4 is 9.47 Å². The summed E-state index contributed by atoms with van der Waals surface area (Å²) >= 11 is 20.7. The van der Waals surface area contributed by atoms with Crippen molar-refractivity contribution in [1.29, 1.82) is 0 Å². The van der Waals surface area contributed by atoms with E-state index >= 15 is 0 Å². The van der Waals surface area contributed by atoms with Gasteiger partial charge in [-0.3, -0.25) is 0 Å². The highest BCUT2D eigenvalue weighted by Crippen LogP contribution is 2.70. The molecule has 0 N–H and O–H groups in total. The van der Waals surface area contributed by atoms with Gasteiger partial charge in [-0.25, -0.2) is 9.59 Å². The molecule has 2 heterocycles. The molecule has 0 fully saturated rings. The maximum atomic E-state index is 14.5. The molecule has 3 aliphatic rings. The topological polar surface area (TPSA) is 74.3 Å². The maximum Gasteiger partial charge on any atom is 0.354 e. The standard InChI is InChI=1S/C38H30Cl3NO6/c1-45-30-16-22-13-15-42-34(36(44)48-4)33(35(43)47-3)38(27-17-23(39)10-11-25(27)32-28(38)18-24(40)19-29(32)41)37(42,26(22)20-31(30)46-2)14-12-21-8-6-5-7-9-21/h5-12,14,16-20H,13,15H2,1-4H3. The van der Waals surface area contributed by atoms with Gasteiger partial charge in [-0.15, -0.1) is 0 Å². The first-order chi connectivity index (χ1) is 23.2. The summed E-state index contributed by atoms with van der Waals surface area (Å²) in [4.78, 5) is 30.6. The second-order valence-corrected chi connectivity index (χ2v) is 13.0. The average molecular weight is 703 g/mol. The molecule has 48 heavy (non-hydrogen) atoms. The maximum absolute atomic E-state index is 14.5.